The van der Waals surface area contributed by atoms with Crippen LogP contribution in [0.3, 0.4) is 0 Å². The van der Waals surface area contributed by atoms with Crippen LogP contribution in [0, 0.1) is 22.9 Å². The van der Waals surface area contributed by atoms with Crippen molar-refractivity contribution >= 4 is 23.1 Å². The van der Waals surface area contributed by atoms with Crippen LogP contribution in [-0.4, -0.2) is 20.8 Å². The number of rotatable bonds is 3. The van der Waals surface area contributed by atoms with Crippen LogP contribution in [0.5, 0.6) is 0 Å². The van der Waals surface area contributed by atoms with Crippen LogP contribution >= 0.6 is 0 Å². The Balaban J connectivity index is 2.59. The molecule has 7 nitrogen and oxygen atoms in total. The van der Waals surface area contributed by atoms with Crippen LogP contribution in [0.4, 0.5) is 21.6 Å². The summed E-state index contributed by atoms with van der Waals surface area (Å²) in [6.45, 7) is 2.86. The summed E-state index contributed by atoms with van der Waals surface area (Å²) < 4.78 is 13.9. The van der Waals surface area contributed by atoms with E-state index in [4.69, 9.17) is 0 Å². The highest BCUT2D eigenvalue weighted by Crippen LogP contribution is 2.28. The average molecular weight is 290 g/mol. The first-order valence-electron chi connectivity index (χ1n) is 5.93. The summed E-state index contributed by atoms with van der Waals surface area (Å²) in [5, 5.41) is 10.8. The predicted octanol–water partition coefficient (Wildman–Crippen LogP) is 2.52. The first-order valence-corrected chi connectivity index (χ1v) is 5.93. The maximum absolute atomic E-state index is 13.9. The van der Waals surface area contributed by atoms with Gasteiger partial charge in [-0.1, -0.05) is 0 Å². The number of amides is 1. The molecule has 8 heteroatoms. The number of nitrogens with zero attached hydrogens (tertiary/aromatic N) is 4. The lowest BCUT2D eigenvalue weighted by molar-refractivity contribution is -0.384. The summed E-state index contributed by atoms with van der Waals surface area (Å²) >= 11 is 0. The van der Waals surface area contributed by atoms with E-state index >= 15 is 0 Å². The Morgan fingerprint density at radius 1 is 1.38 bits per heavy atom. The molecule has 0 fully saturated rings. The molecule has 21 heavy (non-hydrogen) atoms. The van der Waals surface area contributed by atoms with Gasteiger partial charge in [0.1, 0.15) is 5.82 Å². The van der Waals surface area contributed by atoms with Crippen molar-refractivity contribution in [3.63, 3.8) is 0 Å². The van der Waals surface area contributed by atoms with Gasteiger partial charge in [-0.15, -0.1) is 0 Å². The molecule has 0 aliphatic carbocycles. The fraction of sp³-hybridized carbons (Fsp3) is 0.154. The second-order valence-electron chi connectivity index (χ2n) is 4.26. The van der Waals surface area contributed by atoms with Crippen LogP contribution in [0.25, 0.3) is 0 Å². The number of nitro groups is 1. The molecule has 0 saturated heterocycles. The molecule has 0 saturated carbocycles. The summed E-state index contributed by atoms with van der Waals surface area (Å²) in [5.41, 5.74) is 0.212. The van der Waals surface area contributed by atoms with Gasteiger partial charge in [-0.2, -0.15) is 0 Å². The molecule has 0 aliphatic heterocycles. The Labute approximate surface area is 119 Å². The van der Waals surface area contributed by atoms with Crippen LogP contribution in [-0.2, 0) is 4.79 Å². The topological polar surface area (TPSA) is 89.2 Å². The molecule has 0 N–H and O–H groups in total. The van der Waals surface area contributed by atoms with Gasteiger partial charge in [-0.05, 0) is 13.0 Å². The zero-order valence-corrected chi connectivity index (χ0v) is 11.3. The molecule has 1 amide bonds. The number of pyridine rings is 2. The van der Waals surface area contributed by atoms with Gasteiger partial charge in [0.25, 0.3) is 5.69 Å². The Bertz CT molecular complexity index is 720. The first-order chi connectivity index (χ1) is 9.90. The quantitative estimate of drug-likeness (QED) is 0.640. The second-order valence-corrected chi connectivity index (χ2v) is 4.26. The molecule has 0 aliphatic rings. The molecule has 0 atom stereocenters. The summed E-state index contributed by atoms with van der Waals surface area (Å²) in [6.07, 6.45) is 2.17. The largest absolute Gasteiger partial charge is 0.274 e. The third-order valence-corrected chi connectivity index (χ3v) is 2.70. The number of carbonyl (C=O) groups excluding carboxylic acids is 1. The summed E-state index contributed by atoms with van der Waals surface area (Å²) in [7, 11) is 0. The number of hydrogen-bond donors (Lipinski definition) is 0. The molecule has 2 aromatic heterocycles. The third-order valence-electron chi connectivity index (χ3n) is 2.70. The molecule has 2 heterocycles. The Morgan fingerprint density at radius 3 is 2.71 bits per heavy atom. The van der Waals surface area contributed by atoms with Crippen LogP contribution < -0.4 is 4.90 Å². The molecule has 0 spiro atoms. The smallest absolute Gasteiger partial charge is 0.274 e. The van der Waals surface area contributed by atoms with Crippen LogP contribution in [0.15, 0.2) is 30.6 Å². The van der Waals surface area contributed by atoms with Gasteiger partial charge in [0.2, 0.25) is 5.91 Å². The molecule has 0 radical (unpaired) electrons. The van der Waals surface area contributed by atoms with Crippen molar-refractivity contribution in [2.24, 2.45) is 0 Å². The predicted molar refractivity (Wildman–Crippen MR) is 72.6 cm³/mol. The lowest BCUT2D eigenvalue weighted by Gasteiger charge is -2.20. The normalized spacial score (nSPS) is 10.2. The lowest BCUT2D eigenvalue weighted by atomic mass is 10.2. The molecular weight excluding hydrogens is 279 g/mol. The summed E-state index contributed by atoms with van der Waals surface area (Å²) in [4.78, 5) is 30.7. The van der Waals surface area contributed by atoms with E-state index in [-0.39, 0.29) is 17.2 Å². The highest BCUT2D eigenvalue weighted by molar-refractivity contribution is 5.98. The molecule has 0 aromatic carbocycles. The average Bonchev–Trinajstić information content (AvgIpc) is 2.43. The molecular formula is C13H11FN4O3. The van der Waals surface area contributed by atoms with E-state index < -0.39 is 16.6 Å². The zero-order valence-electron chi connectivity index (χ0n) is 11.3. The van der Waals surface area contributed by atoms with Crippen molar-refractivity contribution in [2.75, 3.05) is 4.90 Å². The van der Waals surface area contributed by atoms with E-state index in [1.54, 1.807) is 6.92 Å². The van der Waals surface area contributed by atoms with E-state index in [0.29, 0.717) is 5.69 Å². The van der Waals surface area contributed by atoms with E-state index in [0.717, 1.165) is 17.2 Å². The third kappa shape index (κ3) is 2.99. The lowest BCUT2D eigenvalue weighted by Crippen LogP contribution is -2.25. The fourth-order valence-corrected chi connectivity index (χ4v) is 1.80. The first kappa shape index (κ1) is 14.5. The molecule has 2 rings (SSSR count). The monoisotopic (exact) mass is 290 g/mol. The standard InChI is InChI=1S/C13H11FN4O3/c1-8-5-12(11(14)7-16-8)17(9(2)19)13-6-10(18(20)21)3-4-15-13/h3-7H,1-2H3. The highest BCUT2D eigenvalue weighted by Gasteiger charge is 2.21. The van der Waals surface area contributed by atoms with Gasteiger partial charge >= 0.3 is 0 Å². The van der Waals surface area contributed by atoms with E-state index in [9.17, 15) is 19.3 Å². The minimum atomic E-state index is -0.718. The molecule has 0 unspecified atom stereocenters. The Morgan fingerprint density at radius 2 is 2.10 bits per heavy atom. The van der Waals surface area contributed by atoms with Crippen LogP contribution in [0.1, 0.15) is 12.6 Å². The number of hydrogen-bond acceptors (Lipinski definition) is 5. The number of aromatic nitrogens is 2. The van der Waals surface area contributed by atoms with E-state index in [1.165, 1.54) is 25.3 Å². The molecule has 0 bridgehead atoms. The summed E-state index contributed by atoms with van der Waals surface area (Å²) in [5.74, 6) is -1.27. The maximum Gasteiger partial charge on any atom is 0.274 e. The van der Waals surface area contributed by atoms with Gasteiger partial charge in [-0.3, -0.25) is 24.8 Å². The minimum absolute atomic E-state index is 0.0267. The van der Waals surface area contributed by atoms with Gasteiger partial charge in [-0.25, -0.2) is 9.37 Å². The number of aryl methyl sites for hydroxylation is 1. The van der Waals surface area contributed by atoms with Crippen molar-refractivity contribution in [1.82, 2.24) is 9.97 Å². The van der Waals surface area contributed by atoms with Crippen molar-refractivity contribution < 1.29 is 14.1 Å². The summed E-state index contributed by atoms with van der Waals surface area (Å²) in [6, 6.07) is 3.67. The van der Waals surface area contributed by atoms with Crippen molar-refractivity contribution in [1.29, 1.82) is 0 Å². The minimum Gasteiger partial charge on any atom is -0.274 e. The zero-order chi connectivity index (χ0) is 15.6. The SMILES string of the molecule is CC(=O)N(c1cc([N+](=O)[O-])ccn1)c1cc(C)ncc1F. The van der Waals surface area contributed by atoms with Gasteiger partial charge < -0.3 is 0 Å². The van der Waals surface area contributed by atoms with Crippen molar-refractivity contribution in [3.05, 3.63) is 52.2 Å². The van der Waals surface area contributed by atoms with Crippen LogP contribution in [0.2, 0.25) is 0 Å². The maximum atomic E-state index is 13.9. The van der Waals surface area contributed by atoms with Gasteiger partial charge in [0.05, 0.1) is 22.9 Å². The van der Waals surface area contributed by atoms with Crippen molar-refractivity contribution in [2.45, 2.75) is 13.8 Å². The number of carbonyl (C=O) groups is 1. The number of halogens is 1. The Kier molecular flexibility index (Phi) is 3.88. The fourth-order valence-electron chi connectivity index (χ4n) is 1.80. The van der Waals surface area contributed by atoms with E-state index in [2.05, 4.69) is 9.97 Å². The second kappa shape index (κ2) is 5.61. The van der Waals surface area contributed by atoms with Gasteiger partial charge in [0.15, 0.2) is 5.82 Å². The van der Waals surface area contributed by atoms with Crippen molar-refractivity contribution in [3.8, 4) is 0 Å². The molecule has 2 aromatic rings. The molecule has 108 valence electrons. The van der Waals surface area contributed by atoms with E-state index in [1.807, 2.05) is 0 Å². The Hall–Kier alpha value is -2.90. The van der Waals surface area contributed by atoms with Gasteiger partial charge in [0, 0.05) is 24.9 Å². The highest BCUT2D eigenvalue weighted by atomic mass is 19.1. The number of anilines is 2.